The topological polar surface area (TPSA) is 88.0 Å². The molecule has 120 valence electrons. The normalized spacial score (nSPS) is 38.1. The third kappa shape index (κ3) is 3.01. The summed E-state index contributed by atoms with van der Waals surface area (Å²) in [7, 11) is 0. The highest BCUT2D eigenvalue weighted by Crippen LogP contribution is 2.37. The van der Waals surface area contributed by atoms with Gasteiger partial charge in [0.2, 0.25) is 5.91 Å². The summed E-state index contributed by atoms with van der Waals surface area (Å²) in [5, 5.41) is 23.2. The molecular formula is C16H21NO5. The van der Waals surface area contributed by atoms with Gasteiger partial charge in [0.05, 0.1) is 24.9 Å². The third-order valence-corrected chi connectivity index (χ3v) is 4.31. The Balaban J connectivity index is 1.75. The average Bonchev–Trinajstić information content (AvgIpc) is 2.52. The van der Waals surface area contributed by atoms with Gasteiger partial charge in [0, 0.05) is 18.4 Å². The number of carbonyl (C=O) groups is 1. The molecule has 3 rings (SSSR count). The summed E-state index contributed by atoms with van der Waals surface area (Å²) in [5.41, 5.74) is 0.885. The van der Waals surface area contributed by atoms with Crippen molar-refractivity contribution in [2.45, 2.75) is 44.0 Å². The fraction of sp³-hybridized carbons (Fsp3) is 0.562. The summed E-state index contributed by atoms with van der Waals surface area (Å²) in [5.74, 6) is -0.372. The number of amides is 1. The van der Waals surface area contributed by atoms with E-state index in [1.165, 1.54) is 6.92 Å². The van der Waals surface area contributed by atoms with Gasteiger partial charge in [-0.1, -0.05) is 30.3 Å². The average molecular weight is 307 g/mol. The predicted molar refractivity (Wildman–Crippen MR) is 77.7 cm³/mol. The summed E-state index contributed by atoms with van der Waals surface area (Å²) in [6.45, 7) is 1.77. The maximum atomic E-state index is 11.3. The molecule has 2 fully saturated rings. The molecule has 0 spiro atoms. The first kappa shape index (κ1) is 15.4. The third-order valence-electron chi connectivity index (χ3n) is 4.31. The van der Waals surface area contributed by atoms with E-state index >= 15 is 0 Å². The molecule has 6 nitrogen and oxygen atoms in total. The minimum absolute atomic E-state index is 0.0880. The number of hydrogen-bond donors (Lipinski definition) is 3. The van der Waals surface area contributed by atoms with Gasteiger partial charge in [-0.25, -0.2) is 0 Å². The molecule has 1 aromatic carbocycles. The molecule has 1 aliphatic carbocycles. The molecule has 0 bridgehead atoms. The number of nitrogens with one attached hydrogen (secondary N) is 1. The molecule has 6 unspecified atom stereocenters. The Hall–Kier alpha value is -1.47. The first-order valence-corrected chi connectivity index (χ1v) is 7.51. The van der Waals surface area contributed by atoms with Gasteiger partial charge >= 0.3 is 0 Å². The zero-order chi connectivity index (χ0) is 15.7. The van der Waals surface area contributed by atoms with E-state index in [1.54, 1.807) is 0 Å². The molecule has 0 aromatic heterocycles. The Bertz CT molecular complexity index is 523. The van der Waals surface area contributed by atoms with Gasteiger partial charge in [-0.3, -0.25) is 4.79 Å². The second-order valence-corrected chi connectivity index (χ2v) is 5.96. The van der Waals surface area contributed by atoms with Crippen molar-refractivity contribution in [1.82, 2.24) is 5.32 Å². The Labute approximate surface area is 129 Å². The number of ether oxygens (including phenoxy) is 2. The second-order valence-electron chi connectivity index (χ2n) is 5.96. The number of fused-ring (bicyclic) bond motifs is 1. The smallest absolute Gasteiger partial charge is 0.217 e. The predicted octanol–water partition coefficient (Wildman–Crippen LogP) is 0.347. The number of carbonyl (C=O) groups excluding carboxylic acids is 1. The van der Waals surface area contributed by atoms with Crippen LogP contribution in [0, 0.1) is 5.92 Å². The first-order valence-electron chi connectivity index (χ1n) is 7.51. The Morgan fingerprint density at radius 3 is 2.68 bits per heavy atom. The zero-order valence-corrected chi connectivity index (χ0v) is 12.4. The van der Waals surface area contributed by atoms with Crippen molar-refractivity contribution in [3.8, 4) is 0 Å². The van der Waals surface area contributed by atoms with Crippen molar-refractivity contribution < 1.29 is 24.5 Å². The van der Waals surface area contributed by atoms with Crippen LogP contribution in [0.5, 0.6) is 0 Å². The standard InChI is InChI=1S/C16H21NO5/c1-9(18)17-13-12(19)7-11-8-21-16(22-15(11)14(13)20)10-5-3-2-4-6-10/h2-6,11-16,19-20H,7-8H2,1H3,(H,17,18). The molecule has 1 amide bonds. The van der Waals surface area contributed by atoms with E-state index in [9.17, 15) is 15.0 Å². The molecule has 2 aliphatic rings. The highest BCUT2D eigenvalue weighted by Gasteiger charge is 2.48. The van der Waals surface area contributed by atoms with Gasteiger partial charge in [0.25, 0.3) is 0 Å². The summed E-state index contributed by atoms with van der Waals surface area (Å²) in [6, 6.07) is 8.80. The highest BCUT2D eigenvalue weighted by atomic mass is 16.7. The lowest BCUT2D eigenvalue weighted by Gasteiger charge is -2.47. The quantitative estimate of drug-likeness (QED) is 0.734. The van der Waals surface area contributed by atoms with E-state index in [4.69, 9.17) is 9.47 Å². The molecule has 1 saturated heterocycles. The molecule has 1 heterocycles. The van der Waals surface area contributed by atoms with E-state index in [2.05, 4.69) is 5.32 Å². The van der Waals surface area contributed by atoms with Crippen LogP contribution < -0.4 is 5.32 Å². The van der Waals surface area contributed by atoms with E-state index in [-0.39, 0.29) is 11.8 Å². The number of rotatable bonds is 2. The van der Waals surface area contributed by atoms with Gasteiger partial charge in [-0.15, -0.1) is 0 Å². The number of benzene rings is 1. The van der Waals surface area contributed by atoms with Crippen LogP contribution in [0.1, 0.15) is 25.2 Å². The van der Waals surface area contributed by atoms with Crippen LogP contribution in [0.15, 0.2) is 30.3 Å². The number of aliphatic hydroxyl groups excluding tert-OH is 2. The molecule has 6 atom stereocenters. The summed E-state index contributed by atoms with van der Waals surface area (Å²) in [6.07, 6.45) is -2.35. The minimum atomic E-state index is -0.965. The van der Waals surface area contributed by atoms with Crippen LogP contribution in [0.25, 0.3) is 0 Å². The van der Waals surface area contributed by atoms with Crippen LogP contribution >= 0.6 is 0 Å². The van der Waals surface area contributed by atoms with Gasteiger partial charge in [0.1, 0.15) is 6.10 Å². The minimum Gasteiger partial charge on any atom is -0.391 e. The van der Waals surface area contributed by atoms with E-state index < -0.39 is 30.6 Å². The first-order chi connectivity index (χ1) is 10.6. The fourth-order valence-corrected chi connectivity index (χ4v) is 3.25. The molecule has 1 saturated carbocycles. The summed E-state index contributed by atoms with van der Waals surface area (Å²) >= 11 is 0. The van der Waals surface area contributed by atoms with Crippen LogP contribution in [0.4, 0.5) is 0 Å². The second kappa shape index (κ2) is 6.34. The van der Waals surface area contributed by atoms with Gasteiger partial charge in [-0.05, 0) is 6.42 Å². The number of aliphatic hydroxyl groups is 2. The maximum absolute atomic E-state index is 11.3. The van der Waals surface area contributed by atoms with Gasteiger partial charge in [0.15, 0.2) is 6.29 Å². The summed E-state index contributed by atoms with van der Waals surface area (Å²) < 4.78 is 11.6. The van der Waals surface area contributed by atoms with E-state index in [0.717, 1.165) is 5.56 Å². The molecule has 0 radical (unpaired) electrons. The van der Waals surface area contributed by atoms with Crippen molar-refractivity contribution in [3.63, 3.8) is 0 Å². The van der Waals surface area contributed by atoms with Crippen LogP contribution in [0.3, 0.4) is 0 Å². The van der Waals surface area contributed by atoms with Crippen LogP contribution in [0.2, 0.25) is 0 Å². The van der Waals surface area contributed by atoms with Crippen molar-refractivity contribution in [1.29, 1.82) is 0 Å². The molecule has 1 aromatic rings. The molecule has 1 aliphatic heterocycles. The number of hydrogen-bond acceptors (Lipinski definition) is 5. The van der Waals surface area contributed by atoms with Crippen LogP contribution in [-0.4, -0.2) is 47.1 Å². The fourth-order valence-electron chi connectivity index (χ4n) is 3.25. The molecular weight excluding hydrogens is 286 g/mol. The summed E-state index contributed by atoms with van der Waals surface area (Å²) in [4.78, 5) is 11.3. The molecule has 22 heavy (non-hydrogen) atoms. The Kier molecular flexibility index (Phi) is 4.44. The Morgan fingerprint density at radius 1 is 1.27 bits per heavy atom. The molecule has 3 N–H and O–H groups in total. The van der Waals surface area contributed by atoms with Crippen LogP contribution in [-0.2, 0) is 14.3 Å². The molecule has 6 heteroatoms. The van der Waals surface area contributed by atoms with Gasteiger partial charge in [-0.2, -0.15) is 0 Å². The zero-order valence-electron chi connectivity index (χ0n) is 12.4. The Morgan fingerprint density at radius 2 is 2.00 bits per heavy atom. The monoisotopic (exact) mass is 307 g/mol. The maximum Gasteiger partial charge on any atom is 0.217 e. The lowest BCUT2D eigenvalue weighted by Crippen LogP contribution is -2.63. The largest absolute Gasteiger partial charge is 0.391 e. The van der Waals surface area contributed by atoms with Crippen molar-refractivity contribution in [2.75, 3.05) is 6.61 Å². The highest BCUT2D eigenvalue weighted by molar-refractivity contribution is 5.73. The van der Waals surface area contributed by atoms with E-state index in [0.29, 0.717) is 13.0 Å². The van der Waals surface area contributed by atoms with E-state index in [1.807, 2.05) is 30.3 Å². The van der Waals surface area contributed by atoms with Gasteiger partial charge < -0.3 is 25.0 Å². The SMILES string of the molecule is CC(=O)NC1C(O)CC2COC(c3ccccc3)OC2C1O. The lowest BCUT2D eigenvalue weighted by molar-refractivity contribution is -0.280. The van der Waals surface area contributed by atoms with Crippen molar-refractivity contribution in [2.24, 2.45) is 5.92 Å². The van der Waals surface area contributed by atoms with Crippen molar-refractivity contribution >= 4 is 5.91 Å². The lowest BCUT2D eigenvalue weighted by atomic mass is 9.79. The van der Waals surface area contributed by atoms with Crippen molar-refractivity contribution in [3.05, 3.63) is 35.9 Å².